The fourth-order valence-electron chi connectivity index (χ4n) is 0.954. The number of azide groups is 1. The van der Waals surface area contributed by atoms with Crippen LogP contribution in [0.15, 0.2) is 5.11 Å². The van der Waals surface area contributed by atoms with Crippen LogP contribution in [-0.4, -0.2) is 46.1 Å². The molecule has 0 aromatic heterocycles. The Morgan fingerprint density at radius 2 is 2.06 bits per heavy atom. The third kappa shape index (κ3) is 4.04. The highest BCUT2D eigenvalue weighted by Crippen LogP contribution is 2.03. The molecule has 0 saturated heterocycles. The summed E-state index contributed by atoms with van der Waals surface area (Å²) in [5, 5.41) is 12.2. The van der Waals surface area contributed by atoms with E-state index in [2.05, 4.69) is 19.6 Å². The molecule has 0 aromatic rings. The lowest BCUT2D eigenvalue weighted by atomic mass is 10.0. The summed E-state index contributed by atoms with van der Waals surface area (Å²) in [4.78, 5) is 27.6. The largest absolute Gasteiger partial charge is 0.457 e. The van der Waals surface area contributed by atoms with Gasteiger partial charge in [-0.25, -0.2) is 4.79 Å². The Kier molecular flexibility index (Phi) is 6.20. The van der Waals surface area contributed by atoms with Crippen molar-refractivity contribution in [3.8, 4) is 0 Å². The molecule has 0 heterocycles. The molecular formula is C8H11N5O4. The fourth-order valence-corrected chi connectivity index (χ4v) is 0.954. The summed E-state index contributed by atoms with van der Waals surface area (Å²) in [5.74, 6) is -2.27. The number of rotatable bonds is 6. The van der Waals surface area contributed by atoms with Gasteiger partial charge in [-0.1, -0.05) is 5.11 Å². The molecule has 0 aromatic carbocycles. The molecule has 9 nitrogen and oxygen atoms in total. The van der Waals surface area contributed by atoms with Crippen LogP contribution in [0.5, 0.6) is 0 Å². The molecule has 9 heteroatoms. The lowest BCUT2D eigenvalue weighted by Crippen LogP contribution is -2.39. The van der Waals surface area contributed by atoms with Crippen molar-refractivity contribution in [2.45, 2.75) is 26.0 Å². The monoisotopic (exact) mass is 241 g/mol. The number of hydrogen-bond donors (Lipinski definition) is 1. The number of ketones is 1. The van der Waals surface area contributed by atoms with Crippen LogP contribution in [0.4, 0.5) is 0 Å². The van der Waals surface area contributed by atoms with Crippen LogP contribution in [0.25, 0.3) is 16.0 Å². The number of carbonyl (C=O) groups excluding carboxylic acids is 2. The lowest BCUT2D eigenvalue weighted by Gasteiger charge is -2.09. The minimum atomic E-state index is -1.55. The summed E-state index contributed by atoms with van der Waals surface area (Å²) < 4.78 is 4.46. The number of hydrogen-bond acceptors (Lipinski definition) is 5. The Morgan fingerprint density at radius 3 is 2.41 bits per heavy atom. The first-order valence-corrected chi connectivity index (χ1v) is 4.65. The minimum absolute atomic E-state index is 0.0218. The van der Waals surface area contributed by atoms with Crippen molar-refractivity contribution in [1.29, 1.82) is 0 Å². The van der Waals surface area contributed by atoms with Crippen molar-refractivity contribution in [2.75, 3.05) is 6.61 Å². The van der Waals surface area contributed by atoms with E-state index < -0.39 is 29.6 Å². The Bertz CT molecular complexity index is 406. The Hall–Kier alpha value is -2.21. The number of aliphatic hydroxyl groups excluding tert-OH is 1. The van der Waals surface area contributed by atoms with Gasteiger partial charge in [0.05, 0.1) is 12.7 Å². The van der Waals surface area contributed by atoms with Gasteiger partial charge < -0.3 is 15.4 Å². The molecule has 0 spiro atoms. The highest BCUT2D eigenvalue weighted by Gasteiger charge is 2.38. The molecule has 92 valence electrons. The maximum absolute atomic E-state index is 11.6. The van der Waals surface area contributed by atoms with Crippen molar-refractivity contribution < 1.29 is 24.2 Å². The van der Waals surface area contributed by atoms with Crippen LogP contribution in [0.3, 0.4) is 0 Å². The highest BCUT2D eigenvalue weighted by molar-refractivity contribution is 6.63. The van der Waals surface area contributed by atoms with Crippen LogP contribution in [-0.2, 0) is 14.3 Å². The fraction of sp³-hybridized carbons (Fsp3) is 0.625. The first kappa shape index (κ1) is 14.8. The van der Waals surface area contributed by atoms with E-state index in [-0.39, 0.29) is 6.61 Å². The second kappa shape index (κ2) is 7.13. The third-order valence-corrected chi connectivity index (χ3v) is 1.70. The van der Waals surface area contributed by atoms with E-state index in [1.54, 1.807) is 0 Å². The van der Waals surface area contributed by atoms with Crippen LogP contribution in [0, 0.1) is 0 Å². The van der Waals surface area contributed by atoms with Gasteiger partial charge in [-0.2, -0.15) is 4.79 Å². The molecular weight excluding hydrogens is 230 g/mol. The average molecular weight is 241 g/mol. The molecule has 2 unspecified atom stereocenters. The number of aliphatic hydroxyl groups is 1. The maximum Gasteiger partial charge on any atom is 0.442 e. The van der Waals surface area contributed by atoms with Crippen molar-refractivity contribution in [2.24, 2.45) is 5.11 Å². The molecule has 17 heavy (non-hydrogen) atoms. The molecule has 0 aliphatic carbocycles. The van der Waals surface area contributed by atoms with Crippen molar-refractivity contribution in [3.05, 3.63) is 16.0 Å². The quantitative estimate of drug-likeness (QED) is 0.172. The second-order valence-corrected chi connectivity index (χ2v) is 2.92. The SMILES string of the molecule is CCOC(=O)C(=[N+]=[N-])C(=O)C(N=[N+]=[N-])C(C)O. The lowest BCUT2D eigenvalue weighted by molar-refractivity contribution is -0.142. The summed E-state index contributed by atoms with van der Waals surface area (Å²) in [6.07, 6.45) is -1.33. The van der Waals surface area contributed by atoms with E-state index in [0.717, 1.165) is 0 Å². The van der Waals surface area contributed by atoms with Crippen LogP contribution in [0.1, 0.15) is 13.8 Å². The van der Waals surface area contributed by atoms with E-state index >= 15 is 0 Å². The van der Waals surface area contributed by atoms with Gasteiger partial charge in [-0.05, 0) is 19.4 Å². The van der Waals surface area contributed by atoms with Crippen LogP contribution in [0.2, 0.25) is 0 Å². The second-order valence-electron chi connectivity index (χ2n) is 2.92. The third-order valence-electron chi connectivity index (χ3n) is 1.70. The number of Topliss-reactive ketones (excluding diaryl/α,β-unsaturated/α-hetero) is 1. The number of ether oxygens (including phenoxy) is 1. The molecule has 2 atom stereocenters. The number of carbonyl (C=O) groups is 2. The molecule has 0 amide bonds. The summed E-state index contributed by atoms with van der Waals surface area (Å²) in [6, 6.07) is -1.55. The van der Waals surface area contributed by atoms with Crippen LogP contribution >= 0.6 is 0 Å². The van der Waals surface area contributed by atoms with E-state index in [9.17, 15) is 14.7 Å². The normalized spacial score (nSPS) is 12.6. The van der Waals surface area contributed by atoms with Gasteiger partial charge in [0.25, 0.3) is 5.78 Å². The Balaban J connectivity index is 5.17. The van der Waals surface area contributed by atoms with Gasteiger partial charge in [-0.15, -0.1) is 0 Å². The maximum atomic E-state index is 11.6. The molecule has 0 aliphatic heterocycles. The molecule has 0 fully saturated rings. The summed E-state index contributed by atoms with van der Waals surface area (Å²) in [6.45, 7) is 2.67. The smallest absolute Gasteiger partial charge is 0.442 e. The molecule has 0 rings (SSSR count). The Morgan fingerprint density at radius 1 is 1.47 bits per heavy atom. The van der Waals surface area contributed by atoms with Gasteiger partial charge >= 0.3 is 11.7 Å². The van der Waals surface area contributed by atoms with E-state index in [1.807, 2.05) is 0 Å². The molecule has 0 bridgehead atoms. The van der Waals surface area contributed by atoms with Crippen molar-refractivity contribution in [1.82, 2.24) is 0 Å². The van der Waals surface area contributed by atoms with Gasteiger partial charge in [-0.3, -0.25) is 4.79 Å². The first-order valence-electron chi connectivity index (χ1n) is 4.65. The van der Waals surface area contributed by atoms with Crippen LogP contribution < -0.4 is 0 Å². The van der Waals surface area contributed by atoms with Gasteiger partial charge in [0.1, 0.15) is 6.04 Å². The molecule has 1 N–H and O–H groups in total. The average Bonchev–Trinajstić information content (AvgIpc) is 2.26. The zero-order valence-corrected chi connectivity index (χ0v) is 9.27. The van der Waals surface area contributed by atoms with Crippen molar-refractivity contribution >= 4 is 17.5 Å². The standard InChI is InChI=1S/C8H11N5O4/c1-3-17-8(16)6(11-9)7(15)5(4(2)14)12-13-10/h4-5,14H,3H2,1-2H3. The number of esters is 1. The predicted octanol–water partition coefficient (Wildman–Crippen LogP) is -0.151. The van der Waals surface area contributed by atoms with E-state index in [1.165, 1.54) is 13.8 Å². The highest BCUT2D eigenvalue weighted by atomic mass is 16.5. The molecule has 0 radical (unpaired) electrons. The summed E-state index contributed by atoms with van der Waals surface area (Å²) >= 11 is 0. The summed E-state index contributed by atoms with van der Waals surface area (Å²) in [7, 11) is 0. The van der Waals surface area contributed by atoms with E-state index in [4.69, 9.17) is 11.1 Å². The zero-order valence-electron chi connectivity index (χ0n) is 9.27. The van der Waals surface area contributed by atoms with Gasteiger partial charge in [0.2, 0.25) is 0 Å². The molecule has 0 saturated carbocycles. The predicted molar refractivity (Wildman–Crippen MR) is 54.9 cm³/mol. The minimum Gasteiger partial charge on any atom is -0.457 e. The Labute approximate surface area is 96.2 Å². The topological polar surface area (TPSA) is 149 Å². The number of nitrogens with zero attached hydrogens (tertiary/aromatic N) is 5. The molecule has 0 aliphatic rings. The van der Waals surface area contributed by atoms with Crippen molar-refractivity contribution in [3.63, 3.8) is 0 Å². The first-order chi connectivity index (χ1) is 7.99. The summed E-state index contributed by atoms with van der Waals surface area (Å²) in [5.41, 5.74) is 15.8. The zero-order chi connectivity index (χ0) is 13.4. The van der Waals surface area contributed by atoms with E-state index in [0.29, 0.717) is 0 Å². The van der Waals surface area contributed by atoms with Gasteiger partial charge in [0, 0.05) is 4.91 Å². The van der Waals surface area contributed by atoms with Gasteiger partial charge in [0.15, 0.2) is 0 Å².